The first-order valence-electron chi connectivity index (χ1n) is 11.5. The first-order valence-corrected chi connectivity index (χ1v) is 11.9. The number of hydrogen-bond acceptors (Lipinski definition) is 4. The number of imidazole rings is 1. The predicted molar refractivity (Wildman–Crippen MR) is 126 cm³/mol. The summed E-state index contributed by atoms with van der Waals surface area (Å²) in [6.07, 6.45) is 7.63. The first-order chi connectivity index (χ1) is 16.1. The fourth-order valence-electron chi connectivity index (χ4n) is 5.71. The zero-order valence-corrected chi connectivity index (χ0v) is 19.0. The summed E-state index contributed by atoms with van der Waals surface area (Å²) < 4.78 is 15.7. The van der Waals surface area contributed by atoms with E-state index >= 15 is 0 Å². The number of rotatable bonds is 5. The van der Waals surface area contributed by atoms with Gasteiger partial charge in [-0.1, -0.05) is 17.7 Å². The first kappa shape index (κ1) is 20.8. The monoisotopic (exact) mass is 461 g/mol. The van der Waals surface area contributed by atoms with E-state index in [0.29, 0.717) is 22.2 Å². The van der Waals surface area contributed by atoms with Crippen molar-refractivity contribution in [3.05, 3.63) is 83.2 Å². The van der Waals surface area contributed by atoms with E-state index in [1.165, 1.54) is 25.0 Å². The molecule has 7 heteroatoms. The van der Waals surface area contributed by atoms with Crippen LogP contribution in [0.1, 0.15) is 24.2 Å². The lowest BCUT2D eigenvalue weighted by atomic mass is 9.99. The summed E-state index contributed by atoms with van der Waals surface area (Å²) in [6, 6.07) is 14.3. The number of likely N-dealkylation sites (tertiary alicyclic amines) is 1. The number of fused-ring (bicyclic) bond motifs is 2. The molecule has 0 spiro atoms. The lowest BCUT2D eigenvalue weighted by molar-refractivity contribution is 0.287. The molecular weight excluding hydrogens is 437 g/mol. The molecule has 168 valence electrons. The van der Waals surface area contributed by atoms with E-state index in [2.05, 4.69) is 38.0 Å². The molecule has 33 heavy (non-hydrogen) atoms. The third-order valence-corrected chi connectivity index (χ3v) is 7.48. The third-order valence-electron chi connectivity index (χ3n) is 7.15. The van der Waals surface area contributed by atoms with Gasteiger partial charge in [-0.25, -0.2) is 9.37 Å². The van der Waals surface area contributed by atoms with Crippen molar-refractivity contribution in [3.8, 4) is 11.3 Å². The summed E-state index contributed by atoms with van der Waals surface area (Å²) in [7, 11) is 0. The molecule has 1 saturated carbocycles. The maximum atomic E-state index is 13.6. The highest BCUT2D eigenvalue weighted by Crippen LogP contribution is 2.43. The second-order valence-electron chi connectivity index (χ2n) is 9.49. The molecule has 0 bridgehead atoms. The molecule has 1 aliphatic carbocycles. The van der Waals surface area contributed by atoms with Crippen molar-refractivity contribution in [1.29, 1.82) is 0 Å². The Kier molecular flexibility index (Phi) is 5.35. The Morgan fingerprint density at radius 2 is 1.82 bits per heavy atom. The summed E-state index contributed by atoms with van der Waals surface area (Å²) in [6.45, 7) is 3.23. The Bertz CT molecular complexity index is 1240. The number of benzene rings is 1. The van der Waals surface area contributed by atoms with Crippen molar-refractivity contribution < 1.29 is 4.39 Å². The lowest BCUT2D eigenvalue weighted by Gasteiger charge is -2.17. The van der Waals surface area contributed by atoms with E-state index < -0.39 is 0 Å². The molecule has 3 atom stereocenters. The smallest absolute Gasteiger partial charge is 0.137 e. The summed E-state index contributed by atoms with van der Waals surface area (Å²) in [5, 5.41) is 9.23. The van der Waals surface area contributed by atoms with Crippen molar-refractivity contribution in [2.75, 3.05) is 13.1 Å². The second kappa shape index (κ2) is 8.50. The molecule has 2 fully saturated rings. The Morgan fingerprint density at radius 1 is 0.970 bits per heavy atom. The SMILES string of the molecule is Fc1ccc(Cl)c(-c2ccc(CC3C[C@@H]4CN(Cc5cn6ccccc6n5)C[C@@H]4C3)nn2)c1. The molecule has 0 amide bonds. The molecule has 3 aromatic heterocycles. The summed E-state index contributed by atoms with van der Waals surface area (Å²) in [5.74, 6) is 1.83. The van der Waals surface area contributed by atoms with Gasteiger partial charge in [0.1, 0.15) is 11.5 Å². The van der Waals surface area contributed by atoms with Crippen LogP contribution in [0.4, 0.5) is 4.39 Å². The highest BCUT2D eigenvalue weighted by Gasteiger charge is 2.40. The molecule has 1 saturated heterocycles. The molecule has 4 aromatic rings. The topological polar surface area (TPSA) is 46.3 Å². The van der Waals surface area contributed by atoms with Gasteiger partial charge in [0.2, 0.25) is 0 Å². The van der Waals surface area contributed by atoms with E-state index in [9.17, 15) is 4.39 Å². The average molecular weight is 462 g/mol. The molecule has 2 aliphatic rings. The van der Waals surface area contributed by atoms with Gasteiger partial charge in [0.25, 0.3) is 0 Å². The van der Waals surface area contributed by atoms with Crippen LogP contribution < -0.4 is 0 Å². The van der Waals surface area contributed by atoms with Gasteiger partial charge in [0.15, 0.2) is 0 Å². The number of nitrogens with zero attached hydrogens (tertiary/aromatic N) is 5. The normalized spacial score (nSPS) is 22.8. The van der Waals surface area contributed by atoms with Gasteiger partial charge in [-0.3, -0.25) is 4.90 Å². The Morgan fingerprint density at radius 3 is 2.58 bits per heavy atom. The fraction of sp³-hybridized carbons (Fsp3) is 0.346. The Balaban J connectivity index is 1.05. The molecule has 0 N–H and O–H groups in total. The molecule has 4 heterocycles. The minimum absolute atomic E-state index is 0.326. The average Bonchev–Trinajstić information content (AvgIpc) is 3.48. The van der Waals surface area contributed by atoms with E-state index in [1.54, 1.807) is 6.07 Å². The summed E-state index contributed by atoms with van der Waals surface area (Å²) >= 11 is 6.20. The van der Waals surface area contributed by atoms with Gasteiger partial charge in [-0.15, -0.1) is 0 Å². The lowest BCUT2D eigenvalue weighted by Crippen LogP contribution is -2.22. The van der Waals surface area contributed by atoms with Crippen LogP contribution in [0.25, 0.3) is 16.9 Å². The molecule has 6 rings (SSSR count). The van der Waals surface area contributed by atoms with Gasteiger partial charge < -0.3 is 4.40 Å². The number of hydrogen-bond donors (Lipinski definition) is 0. The van der Waals surface area contributed by atoms with Crippen molar-refractivity contribution in [3.63, 3.8) is 0 Å². The minimum Gasteiger partial charge on any atom is -0.307 e. The standard InChI is InChI=1S/C26H25ClFN5/c27-24-6-4-20(28)12-23(24)25-7-5-21(30-31-25)11-17-9-18-13-32(14-19(18)10-17)15-22-16-33-8-2-1-3-26(33)29-22/h1-8,12,16-19H,9-11,13-15H2/t17?,18-,19+. The molecule has 1 aliphatic heterocycles. The van der Waals surface area contributed by atoms with Crippen LogP contribution in [0, 0.1) is 23.6 Å². The van der Waals surface area contributed by atoms with Crippen LogP contribution >= 0.6 is 11.6 Å². The van der Waals surface area contributed by atoms with Crippen LogP contribution in [0.5, 0.6) is 0 Å². The zero-order chi connectivity index (χ0) is 22.4. The van der Waals surface area contributed by atoms with Gasteiger partial charge in [0.05, 0.1) is 22.1 Å². The van der Waals surface area contributed by atoms with Crippen LogP contribution in [0.3, 0.4) is 0 Å². The fourth-order valence-corrected chi connectivity index (χ4v) is 5.93. The molecule has 1 aromatic carbocycles. The van der Waals surface area contributed by atoms with E-state index in [4.69, 9.17) is 16.6 Å². The second-order valence-corrected chi connectivity index (χ2v) is 9.90. The quantitative estimate of drug-likeness (QED) is 0.405. The molecule has 0 radical (unpaired) electrons. The van der Waals surface area contributed by atoms with Crippen molar-refractivity contribution in [2.24, 2.45) is 17.8 Å². The molecule has 1 unspecified atom stereocenters. The third kappa shape index (κ3) is 4.25. The van der Waals surface area contributed by atoms with Crippen molar-refractivity contribution in [1.82, 2.24) is 24.5 Å². The summed E-state index contributed by atoms with van der Waals surface area (Å²) in [5.41, 5.74) is 4.34. The maximum Gasteiger partial charge on any atom is 0.137 e. The van der Waals surface area contributed by atoms with Crippen LogP contribution in [0.15, 0.2) is 60.9 Å². The molecule has 5 nitrogen and oxygen atoms in total. The van der Waals surface area contributed by atoms with E-state index in [1.807, 2.05) is 24.3 Å². The van der Waals surface area contributed by atoms with Gasteiger partial charge >= 0.3 is 0 Å². The van der Waals surface area contributed by atoms with Crippen molar-refractivity contribution in [2.45, 2.75) is 25.8 Å². The number of halogens is 2. The number of pyridine rings is 1. The van der Waals surface area contributed by atoms with Gasteiger partial charge in [-0.05, 0) is 79.5 Å². The van der Waals surface area contributed by atoms with Crippen LogP contribution in [0.2, 0.25) is 5.02 Å². The Hall–Kier alpha value is -2.83. The Labute approximate surface area is 197 Å². The van der Waals surface area contributed by atoms with E-state index in [0.717, 1.165) is 54.9 Å². The van der Waals surface area contributed by atoms with Crippen LogP contribution in [-0.4, -0.2) is 37.6 Å². The molecular formula is C26H25ClFN5. The predicted octanol–water partition coefficient (Wildman–Crippen LogP) is 5.28. The maximum absolute atomic E-state index is 13.6. The highest BCUT2D eigenvalue weighted by molar-refractivity contribution is 6.33. The summed E-state index contributed by atoms with van der Waals surface area (Å²) in [4.78, 5) is 7.32. The van der Waals surface area contributed by atoms with Crippen LogP contribution in [-0.2, 0) is 13.0 Å². The zero-order valence-electron chi connectivity index (χ0n) is 18.2. The van der Waals surface area contributed by atoms with Gasteiger partial charge in [0, 0.05) is 37.6 Å². The highest BCUT2D eigenvalue weighted by atomic mass is 35.5. The van der Waals surface area contributed by atoms with Gasteiger partial charge in [-0.2, -0.15) is 10.2 Å². The van der Waals surface area contributed by atoms with E-state index in [-0.39, 0.29) is 5.82 Å². The number of aromatic nitrogens is 4. The largest absolute Gasteiger partial charge is 0.307 e. The van der Waals surface area contributed by atoms with Crippen molar-refractivity contribution >= 4 is 17.2 Å². The minimum atomic E-state index is -0.326.